The van der Waals surface area contributed by atoms with Crippen molar-refractivity contribution in [1.29, 1.82) is 0 Å². The first-order valence-electron chi connectivity index (χ1n) is 5.11. The quantitative estimate of drug-likeness (QED) is 0.820. The minimum Gasteiger partial charge on any atom is -0.375 e. The van der Waals surface area contributed by atoms with Crippen molar-refractivity contribution in [3.05, 3.63) is 21.9 Å². The molecule has 1 aliphatic heterocycles. The molecule has 0 unspecified atom stereocenters. The second kappa shape index (κ2) is 4.01. The Kier molecular flexibility index (Phi) is 2.91. The van der Waals surface area contributed by atoms with Crippen LogP contribution in [0.5, 0.6) is 0 Å². The van der Waals surface area contributed by atoms with E-state index < -0.39 is 0 Å². The lowest BCUT2D eigenvalue weighted by Gasteiger charge is -2.41. The third-order valence-corrected chi connectivity index (χ3v) is 3.99. The molecule has 1 N–H and O–H groups in total. The average molecular weight is 211 g/mol. The highest BCUT2D eigenvalue weighted by molar-refractivity contribution is 7.10. The molecule has 14 heavy (non-hydrogen) atoms. The maximum atomic E-state index is 5.59. The third kappa shape index (κ3) is 1.72. The van der Waals surface area contributed by atoms with Crippen LogP contribution in [-0.2, 0) is 17.6 Å². The molecule has 0 radical (unpaired) electrons. The molecule has 78 valence electrons. The Balaban J connectivity index is 2.09. The largest absolute Gasteiger partial charge is 0.375 e. The zero-order valence-electron chi connectivity index (χ0n) is 8.80. The number of aryl methyl sites for hydroxylation is 1. The van der Waals surface area contributed by atoms with Gasteiger partial charge < -0.3 is 10.1 Å². The second-order valence-electron chi connectivity index (χ2n) is 3.89. The molecule has 2 rings (SSSR count). The van der Waals surface area contributed by atoms with Gasteiger partial charge in [0.15, 0.2) is 0 Å². The van der Waals surface area contributed by atoms with Crippen LogP contribution in [0.3, 0.4) is 0 Å². The smallest absolute Gasteiger partial charge is 0.0973 e. The van der Waals surface area contributed by atoms with Crippen LogP contribution >= 0.6 is 11.3 Å². The number of hydrogen-bond acceptors (Lipinski definition) is 3. The van der Waals surface area contributed by atoms with Crippen molar-refractivity contribution in [2.24, 2.45) is 0 Å². The van der Waals surface area contributed by atoms with E-state index in [1.54, 1.807) is 0 Å². The van der Waals surface area contributed by atoms with Gasteiger partial charge in [0, 0.05) is 31.5 Å². The van der Waals surface area contributed by atoms with Crippen LogP contribution < -0.4 is 5.32 Å². The molecule has 0 spiro atoms. The lowest BCUT2D eigenvalue weighted by Crippen LogP contribution is -2.61. The summed E-state index contributed by atoms with van der Waals surface area (Å²) in [5.74, 6) is 0. The van der Waals surface area contributed by atoms with Crippen molar-refractivity contribution in [3.8, 4) is 0 Å². The van der Waals surface area contributed by atoms with E-state index in [1.165, 1.54) is 10.4 Å². The Hall–Kier alpha value is -0.380. The second-order valence-corrected chi connectivity index (χ2v) is 4.89. The molecule has 0 amide bonds. The molecular weight excluding hydrogens is 194 g/mol. The maximum Gasteiger partial charge on any atom is 0.0973 e. The summed E-state index contributed by atoms with van der Waals surface area (Å²) in [6.45, 7) is 4.19. The van der Waals surface area contributed by atoms with Gasteiger partial charge in [0.2, 0.25) is 0 Å². The van der Waals surface area contributed by atoms with Crippen LogP contribution in [0.1, 0.15) is 17.4 Å². The molecule has 2 heterocycles. The number of thiophene rings is 1. The van der Waals surface area contributed by atoms with Crippen molar-refractivity contribution < 1.29 is 4.74 Å². The summed E-state index contributed by atoms with van der Waals surface area (Å²) in [6, 6.07) is 2.23. The summed E-state index contributed by atoms with van der Waals surface area (Å²) in [6.07, 6.45) is 2.20. The van der Waals surface area contributed by atoms with Crippen molar-refractivity contribution in [2.75, 3.05) is 20.2 Å². The fraction of sp³-hybridized carbons (Fsp3) is 0.636. The van der Waals surface area contributed by atoms with Gasteiger partial charge in [0.1, 0.15) is 0 Å². The molecule has 0 bridgehead atoms. The summed E-state index contributed by atoms with van der Waals surface area (Å²) in [5.41, 5.74) is 1.56. The summed E-state index contributed by atoms with van der Waals surface area (Å²) in [4.78, 5) is 1.50. The fourth-order valence-corrected chi connectivity index (χ4v) is 2.98. The predicted molar refractivity (Wildman–Crippen MR) is 60.0 cm³/mol. The van der Waals surface area contributed by atoms with E-state index in [0.29, 0.717) is 0 Å². The van der Waals surface area contributed by atoms with E-state index in [-0.39, 0.29) is 5.60 Å². The number of ether oxygens (including phenoxy) is 1. The minimum absolute atomic E-state index is 0.0781. The molecule has 0 aromatic carbocycles. The summed E-state index contributed by atoms with van der Waals surface area (Å²) < 4.78 is 5.59. The molecule has 1 saturated heterocycles. The van der Waals surface area contributed by atoms with Crippen molar-refractivity contribution in [2.45, 2.75) is 25.4 Å². The standard InChI is InChI=1S/C11H17NOS/c1-3-9-4-5-14-10(9)6-11(13-2)7-12-8-11/h4-5,12H,3,6-8H2,1-2H3. The Labute approximate surface area is 89.3 Å². The van der Waals surface area contributed by atoms with Crippen LogP contribution in [0, 0.1) is 0 Å². The highest BCUT2D eigenvalue weighted by Crippen LogP contribution is 2.27. The van der Waals surface area contributed by atoms with Gasteiger partial charge in [0.05, 0.1) is 5.60 Å². The summed E-state index contributed by atoms with van der Waals surface area (Å²) in [7, 11) is 1.82. The first-order chi connectivity index (χ1) is 6.79. The van der Waals surface area contributed by atoms with Crippen LogP contribution in [-0.4, -0.2) is 25.8 Å². The normalized spacial score (nSPS) is 19.3. The molecule has 1 aromatic rings. The van der Waals surface area contributed by atoms with Crippen LogP contribution in [0.15, 0.2) is 11.4 Å². The average Bonchev–Trinajstić information content (AvgIpc) is 2.58. The van der Waals surface area contributed by atoms with E-state index >= 15 is 0 Å². The van der Waals surface area contributed by atoms with Gasteiger partial charge in [-0.15, -0.1) is 11.3 Å². The topological polar surface area (TPSA) is 21.3 Å². The van der Waals surface area contributed by atoms with Gasteiger partial charge in [-0.1, -0.05) is 6.92 Å². The molecule has 3 heteroatoms. The molecule has 1 aromatic heterocycles. The summed E-state index contributed by atoms with van der Waals surface area (Å²) >= 11 is 1.86. The Morgan fingerprint density at radius 1 is 1.57 bits per heavy atom. The number of nitrogens with one attached hydrogen (secondary N) is 1. The highest BCUT2D eigenvalue weighted by Gasteiger charge is 2.37. The van der Waals surface area contributed by atoms with E-state index in [0.717, 1.165) is 25.9 Å². The molecule has 1 fully saturated rings. The van der Waals surface area contributed by atoms with E-state index in [2.05, 4.69) is 23.7 Å². The minimum atomic E-state index is 0.0781. The summed E-state index contributed by atoms with van der Waals surface area (Å²) in [5, 5.41) is 5.47. The highest BCUT2D eigenvalue weighted by atomic mass is 32.1. The predicted octanol–water partition coefficient (Wildman–Crippen LogP) is 1.84. The van der Waals surface area contributed by atoms with Gasteiger partial charge in [-0.2, -0.15) is 0 Å². The molecule has 2 nitrogen and oxygen atoms in total. The van der Waals surface area contributed by atoms with Gasteiger partial charge in [-0.3, -0.25) is 0 Å². The van der Waals surface area contributed by atoms with E-state index in [1.807, 2.05) is 18.4 Å². The third-order valence-electron chi connectivity index (χ3n) is 3.03. The first-order valence-corrected chi connectivity index (χ1v) is 5.99. The van der Waals surface area contributed by atoms with Crippen molar-refractivity contribution in [3.63, 3.8) is 0 Å². The van der Waals surface area contributed by atoms with Crippen LogP contribution in [0.2, 0.25) is 0 Å². The van der Waals surface area contributed by atoms with Gasteiger partial charge in [-0.25, -0.2) is 0 Å². The number of methoxy groups -OCH3 is 1. The molecular formula is C11H17NOS. The number of hydrogen-bond donors (Lipinski definition) is 1. The van der Waals surface area contributed by atoms with Crippen molar-refractivity contribution in [1.82, 2.24) is 5.32 Å². The van der Waals surface area contributed by atoms with Gasteiger partial charge in [-0.05, 0) is 23.4 Å². The molecule has 0 atom stereocenters. The maximum absolute atomic E-state index is 5.59. The van der Waals surface area contributed by atoms with Gasteiger partial charge >= 0.3 is 0 Å². The van der Waals surface area contributed by atoms with E-state index in [4.69, 9.17) is 4.74 Å². The fourth-order valence-electron chi connectivity index (χ4n) is 1.88. The van der Waals surface area contributed by atoms with Crippen LogP contribution in [0.4, 0.5) is 0 Å². The Bertz CT molecular complexity index is 298. The molecule has 0 aliphatic carbocycles. The monoisotopic (exact) mass is 211 g/mol. The first kappa shape index (κ1) is 10.1. The number of rotatable bonds is 4. The zero-order chi connectivity index (χ0) is 10.0. The molecule has 1 aliphatic rings. The van der Waals surface area contributed by atoms with E-state index in [9.17, 15) is 0 Å². The Morgan fingerprint density at radius 3 is 2.86 bits per heavy atom. The SMILES string of the molecule is CCc1ccsc1CC1(OC)CNC1. The lowest BCUT2D eigenvalue weighted by molar-refractivity contribution is -0.0497. The van der Waals surface area contributed by atoms with Crippen molar-refractivity contribution >= 4 is 11.3 Å². The Morgan fingerprint density at radius 2 is 2.36 bits per heavy atom. The zero-order valence-corrected chi connectivity index (χ0v) is 9.62. The van der Waals surface area contributed by atoms with Crippen LogP contribution in [0.25, 0.3) is 0 Å². The molecule has 0 saturated carbocycles. The van der Waals surface area contributed by atoms with Gasteiger partial charge in [0.25, 0.3) is 0 Å². The lowest BCUT2D eigenvalue weighted by atomic mass is 9.90.